The van der Waals surface area contributed by atoms with Crippen LogP contribution in [0.1, 0.15) is 93.2 Å². The van der Waals surface area contributed by atoms with Crippen LogP contribution in [0.4, 0.5) is 0 Å². The van der Waals surface area contributed by atoms with Gasteiger partial charge in [0.1, 0.15) is 0 Å². The number of aryl methyl sites for hydroxylation is 5. The summed E-state index contributed by atoms with van der Waals surface area (Å²) in [4.78, 5) is 0. The quantitative estimate of drug-likeness (QED) is 0.272. The number of allylic oxidation sites excluding steroid dienone is 3. The van der Waals surface area contributed by atoms with Gasteiger partial charge >= 0.3 is 0 Å². The van der Waals surface area contributed by atoms with Gasteiger partial charge in [-0.15, -0.1) is 0 Å². The van der Waals surface area contributed by atoms with E-state index < -0.39 is 0 Å². The Morgan fingerprint density at radius 2 is 1.66 bits per heavy atom. The second kappa shape index (κ2) is 12.6. The maximum atomic E-state index is 4.59. The van der Waals surface area contributed by atoms with Gasteiger partial charge in [0.2, 0.25) is 0 Å². The highest BCUT2D eigenvalue weighted by Crippen LogP contribution is 2.40. The molecule has 2 aromatic carbocycles. The molecule has 1 aliphatic carbocycles. The molecule has 0 amide bonds. The van der Waals surface area contributed by atoms with Crippen molar-refractivity contribution in [1.82, 2.24) is 0 Å². The van der Waals surface area contributed by atoms with Crippen LogP contribution in [0.3, 0.4) is 0 Å². The van der Waals surface area contributed by atoms with Gasteiger partial charge < -0.3 is 0 Å². The minimum Gasteiger partial charge on any atom is -0.0998 e. The van der Waals surface area contributed by atoms with Crippen molar-refractivity contribution in [2.45, 2.75) is 92.4 Å². The van der Waals surface area contributed by atoms with Gasteiger partial charge in [-0.05, 0) is 116 Å². The SMILES string of the molecule is C=C(CC1CCc2cc(CC)c(CC)cc2C1=C)CC(C(=C)CCCc1ccc(C)cc1)C(C)C. The highest BCUT2D eigenvalue weighted by Gasteiger charge is 2.26. The fraction of sp³-hybridized carbons (Fsp3) is 0.486. The smallest absolute Gasteiger partial charge is 0.0121 e. The summed E-state index contributed by atoms with van der Waals surface area (Å²) in [5, 5.41) is 0. The Balaban J connectivity index is 1.57. The molecule has 0 heteroatoms. The van der Waals surface area contributed by atoms with Crippen molar-refractivity contribution in [3.8, 4) is 0 Å². The number of hydrogen-bond acceptors (Lipinski definition) is 0. The third-order valence-corrected chi connectivity index (χ3v) is 8.24. The average molecular weight is 469 g/mol. The van der Waals surface area contributed by atoms with Crippen LogP contribution >= 0.6 is 0 Å². The standard InChI is InChI=1S/C35H48/c1-9-30-22-33-19-18-32(28(8)35(33)23-31(30)10-2)20-26(6)21-34(24(3)4)27(7)12-11-13-29-16-14-25(5)15-17-29/h14-17,22-24,32,34H,6-13,18-21H2,1-5H3. The van der Waals surface area contributed by atoms with E-state index >= 15 is 0 Å². The molecule has 0 saturated heterocycles. The summed E-state index contributed by atoms with van der Waals surface area (Å²) in [5.74, 6) is 1.63. The summed E-state index contributed by atoms with van der Waals surface area (Å²) in [6.45, 7) is 25.1. The van der Waals surface area contributed by atoms with Crippen LogP contribution < -0.4 is 0 Å². The van der Waals surface area contributed by atoms with E-state index in [1.54, 1.807) is 0 Å². The summed E-state index contributed by atoms with van der Waals surface area (Å²) in [7, 11) is 0. The third-order valence-electron chi connectivity index (χ3n) is 8.24. The van der Waals surface area contributed by atoms with E-state index in [2.05, 4.69) is 90.8 Å². The Kier molecular flexibility index (Phi) is 9.79. The lowest BCUT2D eigenvalue weighted by molar-refractivity contribution is 0.416. The van der Waals surface area contributed by atoms with Crippen molar-refractivity contribution in [1.29, 1.82) is 0 Å². The number of fused-ring (bicyclic) bond motifs is 1. The van der Waals surface area contributed by atoms with E-state index in [-0.39, 0.29) is 0 Å². The van der Waals surface area contributed by atoms with Gasteiger partial charge in [0.15, 0.2) is 0 Å². The molecular formula is C35H48. The van der Waals surface area contributed by atoms with E-state index in [1.807, 2.05) is 0 Å². The molecule has 3 rings (SSSR count). The van der Waals surface area contributed by atoms with E-state index in [9.17, 15) is 0 Å². The number of rotatable bonds is 12. The van der Waals surface area contributed by atoms with E-state index in [4.69, 9.17) is 0 Å². The molecule has 2 aromatic rings. The summed E-state index contributed by atoms with van der Waals surface area (Å²) < 4.78 is 0. The molecule has 188 valence electrons. The first-order valence-corrected chi connectivity index (χ1v) is 14.0. The molecule has 0 aliphatic heterocycles. The fourth-order valence-electron chi connectivity index (χ4n) is 5.91. The minimum absolute atomic E-state index is 0.517. The Morgan fingerprint density at radius 3 is 2.29 bits per heavy atom. The van der Waals surface area contributed by atoms with Crippen LogP contribution in [-0.4, -0.2) is 0 Å². The zero-order chi connectivity index (χ0) is 25.5. The average Bonchev–Trinajstić information content (AvgIpc) is 2.84. The van der Waals surface area contributed by atoms with Crippen molar-refractivity contribution in [3.63, 3.8) is 0 Å². The topological polar surface area (TPSA) is 0 Å². The lowest BCUT2D eigenvalue weighted by atomic mass is 9.74. The Bertz CT molecular complexity index is 1030. The third kappa shape index (κ3) is 7.09. The molecule has 0 fully saturated rings. The Morgan fingerprint density at radius 1 is 1.00 bits per heavy atom. The highest BCUT2D eigenvalue weighted by atomic mass is 14.3. The first-order chi connectivity index (χ1) is 16.7. The normalized spacial score (nSPS) is 16.3. The maximum Gasteiger partial charge on any atom is -0.0121 e. The van der Waals surface area contributed by atoms with Crippen LogP contribution in [0.5, 0.6) is 0 Å². The number of hydrogen-bond donors (Lipinski definition) is 0. The largest absolute Gasteiger partial charge is 0.0998 e. The Hall–Kier alpha value is -2.34. The first kappa shape index (κ1) is 27.3. The molecule has 0 spiro atoms. The van der Waals surface area contributed by atoms with Crippen LogP contribution in [0.25, 0.3) is 5.57 Å². The lowest BCUT2D eigenvalue weighted by Crippen LogP contribution is -2.17. The molecule has 1 aliphatic rings. The number of benzene rings is 2. The van der Waals surface area contributed by atoms with Gasteiger partial charge in [0.25, 0.3) is 0 Å². The molecule has 35 heavy (non-hydrogen) atoms. The van der Waals surface area contributed by atoms with Crippen LogP contribution in [-0.2, 0) is 25.7 Å². The predicted molar refractivity (Wildman–Crippen MR) is 156 cm³/mol. The molecule has 0 aromatic heterocycles. The monoisotopic (exact) mass is 468 g/mol. The van der Waals surface area contributed by atoms with E-state index in [0.717, 1.165) is 38.5 Å². The second-order valence-electron chi connectivity index (χ2n) is 11.3. The zero-order valence-corrected chi connectivity index (χ0v) is 23.2. The molecule has 2 unspecified atom stereocenters. The van der Waals surface area contributed by atoms with Gasteiger partial charge in [-0.3, -0.25) is 0 Å². The van der Waals surface area contributed by atoms with E-state index in [1.165, 1.54) is 69.4 Å². The van der Waals surface area contributed by atoms with Crippen LogP contribution in [0.15, 0.2) is 67.3 Å². The highest BCUT2D eigenvalue weighted by molar-refractivity contribution is 5.71. The predicted octanol–water partition coefficient (Wildman–Crippen LogP) is 9.88. The maximum absolute atomic E-state index is 4.59. The molecule has 0 heterocycles. The molecule has 0 nitrogen and oxygen atoms in total. The van der Waals surface area contributed by atoms with Crippen LogP contribution in [0, 0.1) is 24.7 Å². The minimum atomic E-state index is 0.517. The first-order valence-electron chi connectivity index (χ1n) is 14.0. The molecule has 0 bridgehead atoms. The summed E-state index contributed by atoms with van der Waals surface area (Å²) in [6, 6.07) is 13.9. The fourth-order valence-corrected chi connectivity index (χ4v) is 5.91. The molecule has 0 radical (unpaired) electrons. The van der Waals surface area contributed by atoms with Crippen LogP contribution in [0.2, 0.25) is 0 Å². The van der Waals surface area contributed by atoms with Gasteiger partial charge in [-0.25, -0.2) is 0 Å². The molecule has 0 N–H and O–H groups in total. The van der Waals surface area contributed by atoms with E-state index in [0.29, 0.717) is 17.8 Å². The summed E-state index contributed by atoms with van der Waals surface area (Å²) >= 11 is 0. The van der Waals surface area contributed by atoms with Gasteiger partial charge in [0.05, 0.1) is 0 Å². The Labute approximate surface area is 216 Å². The van der Waals surface area contributed by atoms with Crippen molar-refractivity contribution >= 4 is 5.57 Å². The summed E-state index contributed by atoms with van der Waals surface area (Å²) in [6.07, 6.45) is 10.1. The lowest BCUT2D eigenvalue weighted by Gasteiger charge is -2.31. The van der Waals surface area contributed by atoms with Crippen molar-refractivity contribution in [2.24, 2.45) is 17.8 Å². The van der Waals surface area contributed by atoms with Crippen molar-refractivity contribution in [3.05, 3.63) is 101 Å². The second-order valence-corrected chi connectivity index (χ2v) is 11.3. The molecule has 0 saturated carbocycles. The summed E-state index contributed by atoms with van der Waals surface area (Å²) in [5.41, 5.74) is 12.8. The van der Waals surface area contributed by atoms with Gasteiger partial charge in [0, 0.05) is 0 Å². The zero-order valence-electron chi connectivity index (χ0n) is 23.2. The molecular weight excluding hydrogens is 420 g/mol. The van der Waals surface area contributed by atoms with Crippen molar-refractivity contribution < 1.29 is 0 Å². The molecule has 2 atom stereocenters. The van der Waals surface area contributed by atoms with Gasteiger partial charge in [-0.1, -0.05) is 101 Å². The van der Waals surface area contributed by atoms with Crippen molar-refractivity contribution in [2.75, 3.05) is 0 Å². The van der Waals surface area contributed by atoms with Gasteiger partial charge in [-0.2, -0.15) is 0 Å².